The molecule has 2 heterocycles. The predicted molar refractivity (Wildman–Crippen MR) is 115 cm³/mol. The molecule has 0 atom stereocenters. The van der Waals surface area contributed by atoms with Gasteiger partial charge in [0.15, 0.2) is 0 Å². The van der Waals surface area contributed by atoms with E-state index in [1.165, 1.54) is 5.56 Å². The van der Waals surface area contributed by atoms with E-state index < -0.39 is 0 Å². The van der Waals surface area contributed by atoms with Gasteiger partial charge in [-0.15, -0.1) is 0 Å². The fraction of sp³-hybridized carbons (Fsp3) is 0.409. The number of urea groups is 1. The van der Waals surface area contributed by atoms with Crippen molar-refractivity contribution in [3.05, 3.63) is 54.4 Å². The fourth-order valence-corrected chi connectivity index (χ4v) is 3.28. The van der Waals surface area contributed by atoms with Crippen LogP contribution in [0.25, 0.3) is 0 Å². The maximum Gasteiger partial charge on any atom is 0.321 e. The molecule has 1 aliphatic rings. The van der Waals surface area contributed by atoms with Crippen molar-refractivity contribution in [2.45, 2.75) is 26.8 Å². The number of hydrogen-bond acceptors (Lipinski definition) is 4. The Morgan fingerprint density at radius 1 is 0.931 bits per heavy atom. The summed E-state index contributed by atoms with van der Waals surface area (Å²) in [4.78, 5) is 32.6. The van der Waals surface area contributed by atoms with Crippen LogP contribution in [0.15, 0.2) is 48.8 Å². The highest BCUT2D eigenvalue weighted by molar-refractivity contribution is 5.92. The highest BCUT2D eigenvalue weighted by Gasteiger charge is 2.21. The lowest BCUT2D eigenvalue weighted by atomic mass is 10.1. The Balaban J connectivity index is 1.44. The Bertz CT molecular complexity index is 800. The first kappa shape index (κ1) is 20.8. The molecule has 0 spiro atoms. The molecule has 0 saturated carbocycles. The maximum absolute atomic E-state index is 12.5. The van der Waals surface area contributed by atoms with Gasteiger partial charge in [-0.25, -0.2) is 4.79 Å². The Hall–Kier alpha value is -2.93. The summed E-state index contributed by atoms with van der Waals surface area (Å²) in [6, 6.07) is 11.2. The van der Waals surface area contributed by atoms with Gasteiger partial charge >= 0.3 is 6.03 Å². The van der Waals surface area contributed by atoms with E-state index >= 15 is 0 Å². The van der Waals surface area contributed by atoms with Crippen molar-refractivity contribution in [1.82, 2.24) is 14.8 Å². The highest BCUT2D eigenvalue weighted by Crippen LogP contribution is 2.16. The first-order valence-electron chi connectivity index (χ1n) is 10.1. The second-order valence-corrected chi connectivity index (χ2v) is 7.77. The number of rotatable bonds is 6. The van der Waals surface area contributed by atoms with Crippen LogP contribution < -0.4 is 10.6 Å². The summed E-state index contributed by atoms with van der Waals surface area (Å²) in [7, 11) is 0. The molecule has 1 aliphatic heterocycles. The number of aromatic nitrogens is 1. The van der Waals surface area contributed by atoms with E-state index in [0.717, 1.165) is 31.0 Å². The lowest BCUT2D eigenvalue weighted by Crippen LogP contribution is -2.49. The molecule has 154 valence electrons. The summed E-state index contributed by atoms with van der Waals surface area (Å²) in [5, 5.41) is 5.81. The monoisotopic (exact) mass is 395 g/mol. The average molecular weight is 396 g/mol. The van der Waals surface area contributed by atoms with E-state index in [4.69, 9.17) is 0 Å². The van der Waals surface area contributed by atoms with E-state index in [9.17, 15) is 9.59 Å². The molecule has 1 aromatic carbocycles. The van der Waals surface area contributed by atoms with Gasteiger partial charge < -0.3 is 15.5 Å². The van der Waals surface area contributed by atoms with Gasteiger partial charge in [0, 0.05) is 62.9 Å². The number of carbonyl (C=O) groups excluding carboxylic acids is 2. The lowest BCUT2D eigenvalue weighted by Gasteiger charge is -2.34. The Labute approximate surface area is 172 Å². The molecule has 7 heteroatoms. The summed E-state index contributed by atoms with van der Waals surface area (Å²) in [5.74, 6) is 0.320. The molecule has 7 nitrogen and oxygen atoms in total. The van der Waals surface area contributed by atoms with E-state index in [0.29, 0.717) is 25.4 Å². The molecule has 3 rings (SSSR count). The second kappa shape index (κ2) is 10.0. The zero-order valence-corrected chi connectivity index (χ0v) is 17.1. The SMILES string of the molecule is CC(C)CC(=O)Nc1ccc(NC(=O)N2CCN(Cc3ccncc3)CC2)cc1. The number of amides is 3. The van der Waals surface area contributed by atoms with Crippen LogP contribution in [0.2, 0.25) is 0 Å². The number of hydrogen-bond donors (Lipinski definition) is 2. The summed E-state index contributed by atoms with van der Waals surface area (Å²) < 4.78 is 0. The molecule has 0 unspecified atom stereocenters. The number of nitrogens with zero attached hydrogens (tertiary/aromatic N) is 3. The molecule has 0 aliphatic carbocycles. The van der Waals surface area contributed by atoms with Crippen LogP contribution in [0.1, 0.15) is 25.8 Å². The molecule has 1 aromatic heterocycles. The third kappa shape index (κ3) is 6.57. The van der Waals surface area contributed by atoms with Crippen molar-refractivity contribution >= 4 is 23.3 Å². The first-order chi connectivity index (χ1) is 14.0. The molecule has 1 saturated heterocycles. The predicted octanol–water partition coefficient (Wildman–Crippen LogP) is 3.42. The van der Waals surface area contributed by atoms with Gasteiger partial charge in [-0.2, -0.15) is 0 Å². The lowest BCUT2D eigenvalue weighted by molar-refractivity contribution is -0.116. The minimum atomic E-state index is -0.0924. The fourth-order valence-electron chi connectivity index (χ4n) is 3.28. The van der Waals surface area contributed by atoms with E-state index in [1.807, 2.05) is 43.0 Å². The summed E-state index contributed by atoms with van der Waals surface area (Å²) in [6.07, 6.45) is 4.10. The van der Waals surface area contributed by atoms with Crippen LogP contribution >= 0.6 is 0 Å². The number of piperazine rings is 1. The summed E-state index contributed by atoms with van der Waals surface area (Å²) >= 11 is 0. The summed E-state index contributed by atoms with van der Waals surface area (Å²) in [5.41, 5.74) is 2.69. The molecule has 0 radical (unpaired) electrons. The Morgan fingerprint density at radius 2 is 1.52 bits per heavy atom. The van der Waals surface area contributed by atoms with Crippen molar-refractivity contribution < 1.29 is 9.59 Å². The number of anilines is 2. The minimum Gasteiger partial charge on any atom is -0.326 e. The highest BCUT2D eigenvalue weighted by atomic mass is 16.2. The standard InChI is InChI=1S/C22H29N5O2/c1-17(2)15-21(28)24-19-3-5-20(6-4-19)25-22(29)27-13-11-26(12-14-27)16-18-7-9-23-10-8-18/h3-10,17H,11-16H2,1-2H3,(H,24,28)(H,25,29). The molecule has 2 N–H and O–H groups in total. The zero-order chi connectivity index (χ0) is 20.6. The van der Waals surface area contributed by atoms with Crippen molar-refractivity contribution in [3.8, 4) is 0 Å². The minimum absolute atomic E-state index is 0.00132. The van der Waals surface area contributed by atoms with E-state index in [2.05, 4.69) is 20.5 Å². The van der Waals surface area contributed by atoms with Crippen molar-refractivity contribution in [1.29, 1.82) is 0 Å². The van der Waals surface area contributed by atoms with Crippen LogP contribution in [0, 0.1) is 5.92 Å². The second-order valence-electron chi connectivity index (χ2n) is 7.77. The van der Waals surface area contributed by atoms with Crippen LogP contribution in [0.5, 0.6) is 0 Å². The van der Waals surface area contributed by atoms with Gasteiger partial charge in [0.1, 0.15) is 0 Å². The van der Waals surface area contributed by atoms with Crippen LogP contribution in [-0.2, 0) is 11.3 Å². The van der Waals surface area contributed by atoms with Crippen LogP contribution in [0.3, 0.4) is 0 Å². The zero-order valence-electron chi connectivity index (χ0n) is 17.1. The molecular formula is C22H29N5O2. The van der Waals surface area contributed by atoms with Gasteiger partial charge in [-0.05, 0) is 47.9 Å². The van der Waals surface area contributed by atoms with Crippen molar-refractivity contribution in [3.63, 3.8) is 0 Å². The molecule has 2 aromatic rings. The van der Waals surface area contributed by atoms with Crippen LogP contribution in [0.4, 0.5) is 16.2 Å². The van der Waals surface area contributed by atoms with E-state index in [-0.39, 0.29) is 11.9 Å². The molecule has 0 bridgehead atoms. The van der Waals surface area contributed by atoms with Crippen molar-refractivity contribution in [2.24, 2.45) is 5.92 Å². The molecular weight excluding hydrogens is 366 g/mol. The normalized spacial score (nSPS) is 14.7. The molecule has 1 fully saturated rings. The molecule has 3 amide bonds. The van der Waals surface area contributed by atoms with Gasteiger partial charge in [0.05, 0.1) is 0 Å². The molecule has 29 heavy (non-hydrogen) atoms. The smallest absolute Gasteiger partial charge is 0.321 e. The van der Waals surface area contributed by atoms with Gasteiger partial charge in [-0.3, -0.25) is 14.7 Å². The number of pyridine rings is 1. The maximum atomic E-state index is 12.5. The van der Waals surface area contributed by atoms with Gasteiger partial charge in [0.25, 0.3) is 0 Å². The Kier molecular flexibility index (Phi) is 7.19. The Morgan fingerprint density at radius 3 is 2.10 bits per heavy atom. The third-order valence-corrected chi connectivity index (χ3v) is 4.83. The third-order valence-electron chi connectivity index (χ3n) is 4.83. The van der Waals surface area contributed by atoms with Crippen LogP contribution in [-0.4, -0.2) is 52.9 Å². The first-order valence-corrected chi connectivity index (χ1v) is 10.1. The quantitative estimate of drug-likeness (QED) is 0.786. The van der Waals surface area contributed by atoms with Crippen molar-refractivity contribution in [2.75, 3.05) is 36.8 Å². The van der Waals surface area contributed by atoms with Gasteiger partial charge in [0.2, 0.25) is 5.91 Å². The van der Waals surface area contributed by atoms with E-state index in [1.54, 1.807) is 24.5 Å². The largest absolute Gasteiger partial charge is 0.326 e. The number of nitrogens with one attached hydrogen (secondary N) is 2. The number of carbonyl (C=O) groups is 2. The average Bonchev–Trinajstić information content (AvgIpc) is 2.70. The summed E-state index contributed by atoms with van der Waals surface area (Å²) in [6.45, 7) is 7.98. The topological polar surface area (TPSA) is 77.6 Å². The number of benzene rings is 1. The van der Waals surface area contributed by atoms with Gasteiger partial charge in [-0.1, -0.05) is 13.8 Å².